The average Bonchev–Trinajstić information content (AvgIpc) is 2.76. The zero-order valence-corrected chi connectivity index (χ0v) is 17.5. The van der Waals surface area contributed by atoms with Crippen LogP contribution in [0.1, 0.15) is 12.5 Å². The van der Waals surface area contributed by atoms with Crippen molar-refractivity contribution in [1.29, 1.82) is 0 Å². The molecule has 3 rings (SSSR count). The molecule has 0 saturated heterocycles. The molecule has 0 atom stereocenters. The average molecular weight is 424 g/mol. The van der Waals surface area contributed by atoms with Crippen molar-refractivity contribution in [1.82, 2.24) is 0 Å². The van der Waals surface area contributed by atoms with Crippen LogP contribution in [0, 0.1) is 0 Å². The quantitative estimate of drug-likeness (QED) is 0.439. The molecule has 0 aliphatic rings. The molecular weight excluding hydrogens is 402 g/mol. The maximum atomic E-state index is 12.5. The van der Waals surface area contributed by atoms with Crippen LogP contribution < -0.4 is 19.5 Å². The number of benzene rings is 3. The van der Waals surface area contributed by atoms with Gasteiger partial charge >= 0.3 is 0 Å². The molecule has 0 unspecified atom stereocenters. The lowest BCUT2D eigenvalue weighted by molar-refractivity contribution is -0.111. The molecular formula is C24H22ClNO4. The van der Waals surface area contributed by atoms with E-state index in [1.54, 1.807) is 37.5 Å². The third-order valence-electron chi connectivity index (χ3n) is 4.09. The summed E-state index contributed by atoms with van der Waals surface area (Å²) in [4.78, 5) is 12.5. The van der Waals surface area contributed by atoms with Gasteiger partial charge in [-0.15, -0.1) is 0 Å². The number of nitrogens with one attached hydrogen (secondary N) is 1. The molecule has 5 nitrogen and oxygen atoms in total. The molecule has 0 aromatic heterocycles. The Morgan fingerprint density at radius 1 is 1.00 bits per heavy atom. The van der Waals surface area contributed by atoms with Gasteiger partial charge in [-0.1, -0.05) is 35.9 Å². The van der Waals surface area contributed by atoms with Gasteiger partial charge in [0.25, 0.3) is 0 Å². The Hall–Kier alpha value is -3.44. The second kappa shape index (κ2) is 10.4. The number of para-hydroxylation sites is 1. The fourth-order valence-electron chi connectivity index (χ4n) is 2.71. The summed E-state index contributed by atoms with van der Waals surface area (Å²) in [6, 6.07) is 19.8. The van der Waals surface area contributed by atoms with Gasteiger partial charge < -0.3 is 19.5 Å². The number of rotatable bonds is 8. The number of hydrogen-bond acceptors (Lipinski definition) is 4. The van der Waals surface area contributed by atoms with Gasteiger partial charge in [0.05, 0.1) is 19.4 Å². The number of ether oxygens (including phenoxy) is 3. The van der Waals surface area contributed by atoms with E-state index < -0.39 is 0 Å². The van der Waals surface area contributed by atoms with E-state index in [9.17, 15) is 4.79 Å². The molecule has 0 saturated carbocycles. The molecule has 0 spiro atoms. The van der Waals surface area contributed by atoms with Gasteiger partial charge in [-0.05, 0) is 61.0 Å². The van der Waals surface area contributed by atoms with Gasteiger partial charge in [0.15, 0.2) is 17.2 Å². The highest BCUT2D eigenvalue weighted by Crippen LogP contribution is 2.32. The van der Waals surface area contributed by atoms with Gasteiger partial charge in [-0.2, -0.15) is 0 Å². The van der Waals surface area contributed by atoms with Crippen LogP contribution in [-0.4, -0.2) is 19.6 Å². The number of carbonyl (C=O) groups excluding carboxylic acids is 1. The maximum Gasteiger partial charge on any atom is 0.248 e. The molecule has 154 valence electrons. The van der Waals surface area contributed by atoms with Crippen molar-refractivity contribution in [3.63, 3.8) is 0 Å². The topological polar surface area (TPSA) is 56.8 Å². The largest absolute Gasteiger partial charge is 0.493 e. The Balaban J connectivity index is 1.74. The van der Waals surface area contributed by atoms with Gasteiger partial charge in [0.1, 0.15) is 5.75 Å². The predicted molar refractivity (Wildman–Crippen MR) is 120 cm³/mol. The molecule has 3 aromatic carbocycles. The van der Waals surface area contributed by atoms with Crippen molar-refractivity contribution >= 4 is 29.3 Å². The Morgan fingerprint density at radius 3 is 2.50 bits per heavy atom. The van der Waals surface area contributed by atoms with Crippen LogP contribution in [0.2, 0.25) is 5.02 Å². The molecule has 0 aliphatic carbocycles. The van der Waals surface area contributed by atoms with E-state index in [-0.39, 0.29) is 5.91 Å². The number of methoxy groups -OCH3 is 1. The standard InChI is InChI=1S/C24H22ClNO4/c1-3-29-22-12-9-17(15-23(22)28-2)10-14-24(27)26-20-16-18(25)11-13-21(20)30-19-7-5-4-6-8-19/h4-16H,3H2,1-2H3,(H,26,27)/b14-10+. The summed E-state index contributed by atoms with van der Waals surface area (Å²) in [5, 5.41) is 3.30. The van der Waals surface area contributed by atoms with E-state index >= 15 is 0 Å². The number of hydrogen-bond donors (Lipinski definition) is 1. The summed E-state index contributed by atoms with van der Waals surface area (Å²) in [7, 11) is 1.57. The van der Waals surface area contributed by atoms with Crippen molar-refractivity contribution in [2.75, 3.05) is 19.0 Å². The first-order chi connectivity index (χ1) is 14.6. The Kier molecular flexibility index (Phi) is 7.35. The second-order valence-corrected chi connectivity index (χ2v) is 6.66. The zero-order chi connectivity index (χ0) is 21.3. The Labute approximate surface area is 180 Å². The lowest BCUT2D eigenvalue weighted by Gasteiger charge is -2.12. The van der Waals surface area contributed by atoms with Crippen LogP contribution in [0.15, 0.2) is 72.8 Å². The molecule has 0 radical (unpaired) electrons. The molecule has 0 fully saturated rings. The van der Waals surface area contributed by atoms with E-state index in [0.717, 1.165) is 5.56 Å². The summed E-state index contributed by atoms with van der Waals surface area (Å²) in [5.74, 6) is 2.10. The molecule has 0 heterocycles. The molecule has 0 aliphatic heterocycles. The lowest BCUT2D eigenvalue weighted by Crippen LogP contribution is -2.08. The van der Waals surface area contributed by atoms with Crippen molar-refractivity contribution in [3.05, 3.63) is 83.4 Å². The summed E-state index contributed by atoms with van der Waals surface area (Å²) in [6.45, 7) is 2.45. The molecule has 6 heteroatoms. The number of carbonyl (C=O) groups is 1. The monoisotopic (exact) mass is 423 g/mol. The number of halogens is 1. The predicted octanol–water partition coefficient (Wildman–Crippen LogP) is 6.19. The second-order valence-electron chi connectivity index (χ2n) is 6.22. The minimum absolute atomic E-state index is 0.317. The van der Waals surface area contributed by atoms with E-state index in [4.69, 9.17) is 25.8 Å². The molecule has 1 N–H and O–H groups in total. The minimum Gasteiger partial charge on any atom is -0.493 e. The molecule has 1 amide bonds. The van der Waals surface area contributed by atoms with E-state index in [2.05, 4.69) is 5.32 Å². The molecule has 30 heavy (non-hydrogen) atoms. The van der Waals surface area contributed by atoms with Crippen molar-refractivity contribution in [2.45, 2.75) is 6.92 Å². The van der Waals surface area contributed by atoms with Crippen molar-refractivity contribution in [3.8, 4) is 23.0 Å². The highest BCUT2D eigenvalue weighted by Gasteiger charge is 2.09. The first-order valence-electron chi connectivity index (χ1n) is 9.41. The summed E-state index contributed by atoms with van der Waals surface area (Å²) in [5.41, 5.74) is 1.28. The van der Waals surface area contributed by atoms with Crippen LogP contribution in [0.4, 0.5) is 5.69 Å². The van der Waals surface area contributed by atoms with Gasteiger partial charge in [0.2, 0.25) is 5.91 Å². The lowest BCUT2D eigenvalue weighted by atomic mass is 10.2. The summed E-state index contributed by atoms with van der Waals surface area (Å²) < 4.78 is 16.7. The molecule has 0 bridgehead atoms. The molecule has 3 aromatic rings. The highest BCUT2D eigenvalue weighted by molar-refractivity contribution is 6.31. The van der Waals surface area contributed by atoms with Crippen molar-refractivity contribution in [2.24, 2.45) is 0 Å². The first-order valence-corrected chi connectivity index (χ1v) is 9.79. The SMILES string of the molecule is CCOc1ccc(/C=C/C(=O)Nc2cc(Cl)ccc2Oc2ccccc2)cc1OC. The smallest absolute Gasteiger partial charge is 0.248 e. The summed E-state index contributed by atoms with van der Waals surface area (Å²) in [6.07, 6.45) is 3.12. The van der Waals surface area contributed by atoms with E-state index in [1.165, 1.54) is 6.08 Å². The van der Waals surface area contributed by atoms with Gasteiger partial charge in [-0.25, -0.2) is 0 Å². The normalized spacial score (nSPS) is 10.6. The minimum atomic E-state index is -0.317. The Bertz CT molecular complexity index is 1030. The van der Waals surface area contributed by atoms with Crippen LogP contribution in [0.25, 0.3) is 6.08 Å². The number of amides is 1. The van der Waals surface area contributed by atoms with Gasteiger partial charge in [0, 0.05) is 11.1 Å². The van der Waals surface area contributed by atoms with Crippen LogP contribution in [0.5, 0.6) is 23.0 Å². The fraction of sp³-hybridized carbons (Fsp3) is 0.125. The fourth-order valence-corrected chi connectivity index (χ4v) is 2.89. The van der Waals surface area contributed by atoms with Crippen LogP contribution >= 0.6 is 11.6 Å². The van der Waals surface area contributed by atoms with E-state index in [0.29, 0.717) is 40.3 Å². The first kappa shape index (κ1) is 21.3. The van der Waals surface area contributed by atoms with Crippen molar-refractivity contribution < 1.29 is 19.0 Å². The maximum absolute atomic E-state index is 12.5. The van der Waals surface area contributed by atoms with Crippen LogP contribution in [-0.2, 0) is 4.79 Å². The van der Waals surface area contributed by atoms with Gasteiger partial charge in [-0.3, -0.25) is 4.79 Å². The summed E-state index contributed by atoms with van der Waals surface area (Å²) >= 11 is 6.10. The van der Waals surface area contributed by atoms with Crippen LogP contribution in [0.3, 0.4) is 0 Å². The van der Waals surface area contributed by atoms with E-state index in [1.807, 2.05) is 49.4 Å². The number of anilines is 1. The zero-order valence-electron chi connectivity index (χ0n) is 16.7. The third-order valence-corrected chi connectivity index (χ3v) is 4.32. The third kappa shape index (κ3) is 5.78. The highest BCUT2D eigenvalue weighted by atomic mass is 35.5. The Morgan fingerprint density at radius 2 is 1.77 bits per heavy atom.